The van der Waals surface area contributed by atoms with Crippen LogP contribution in [0.2, 0.25) is 0 Å². The van der Waals surface area contributed by atoms with Crippen molar-refractivity contribution >= 4 is 10.0 Å². The lowest BCUT2D eigenvalue weighted by Gasteiger charge is -2.32. The van der Waals surface area contributed by atoms with Crippen LogP contribution in [-0.2, 0) is 28.4 Å². The third kappa shape index (κ3) is 3.63. The number of aryl methyl sites for hydroxylation is 1. The van der Waals surface area contributed by atoms with Gasteiger partial charge in [0.15, 0.2) is 0 Å². The number of nitrogens with zero attached hydrogens (tertiary/aromatic N) is 3. The molecule has 8 heteroatoms. The molecular formula is C13H22N4O3S. The van der Waals surface area contributed by atoms with Crippen LogP contribution in [0.4, 0.5) is 0 Å². The van der Waals surface area contributed by atoms with Crippen molar-refractivity contribution in [3.8, 4) is 0 Å². The first-order chi connectivity index (χ1) is 9.90. The highest BCUT2D eigenvalue weighted by Gasteiger charge is 2.41. The van der Waals surface area contributed by atoms with Crippen LogP contribution in [0.15, 0.2) is 12.4 Å². The molecule has 2 aliphatic rings. The Morgan fingerprint density at radius 3 is 2.90 bits per heavy atom. The fourth-order valence-electron chi connectivity index (χ4n) is 3.43. The number of likely N-dealkylation sites (tertiary alicyclic amines) is 1. The van der Waals surface area contributed by atoms with Gasteiger partial charge in [-0.05, 0) is 5.92 Å². The Morgan fingerprint density at radius 1 is 1.43 bits per heavy atom. The van der Waals surface area contributed by atoms with E-state index in [4.69, 9.17) is 4.74 Å². The Morgan fingerprint density at radius 2 is 2.24 bits per heavy atom. The molecule has 2 fully saturated rings. The summed E-state index contributed by atoms with van der Waals surface area (Å²) in [6, 6.07) is -0.113. The molecule has 21 heavy (non-hydrogen) atoms. The van der Waals surface area contributed by atoms with Crippen molar-refractivity contribution in [2.75, 3.05) is 32.6 Å². The van der Waals surface area contributed by atoms with Crippen LogP contribution in [0.25, 0.3) is 0 Å². The van der Waals surface area contributed by atoms with E-state index in [1.165, 1.54) is 11.8 Å². The normalized spacial score (nSPS) is 30.5. The molecule has 1 aromatic heterocycles. The summed E-state index contributed by atoms with van der Waals surface area (Å²) in [6.07, 6.45) is 5.11. The summed E-state index contributed by atoms with van der Waals surface area (Å²) in [4.78, 5) is 2.36. The van der Waals surface area contributed by atoms with E-state index in [0.717, 1.165) is 26.2 Å². The van der Waals surface area contributed by atoms with Crippen LogP contribution in [-0.4, -0.2) is 61.7 Å². The number of rotatable bonds is 4. The first-order valence-corrected chi connectivity index (χ1v) is 9.05. The second kappa shape index (κ2) is 5.68. The van der Waals surface area contributed by atoms with Gasteiger partial charge in [-0.15, -0.1) is 0 Å². The van der Waals surface area contributed by atoms with Crippen molar-refractivity contribution in [1.82, 2.24) is 19.4 Å². The van der Waals surface area contributed by atoms with Gasteiger partial charge in [-0.2, -0.15) is 5.10 Å². The number of nitrogens with one attached hydrogen (secondary N) is 1. The third-order valence-electron chi connectivity index (χ3n) is 4.24. The highest BCUT2D eigenvalue weighted by Crippen LogP contribution is 2.31. The molecule has 118 valence electrons. The first kappa shape index (κ1) is 15.0. The standard InChI is InChI=1S/C13H22N4O3S/c1-16-4-10(3-14-16)5-17-6-11-8-20-9-13(12(11)7-17)15-21(2,18)19/h3-4,11-13,15H,5-9H2,1-2H3/t11-,12-,13-/m1/s1. The molecule has 3 heterocycles. The van der Waals surface area contributed by atoms with E-state index >= 15 is 0 Å². The highest BCUT2D eigenvalue weighted by atomic mass is 32.2. The summed E-state index contributed by atoms with van der Waals surface area (Å²) >= 11 is 0. The van der Waals surface area contributed by atoms with Crippen molar-refractivity contribution in [1.29, 1.82) is 0 Å². The molecule has 3 rings (SSSR count). The fraction of sp³-hybridized carbons (Fsp3) is 0.769. The minimum atomic E-state index is -3.20. The van der Waals surface area contributed by atoms with Crippen molar-refractivity contribution in [3.05, 3.63) is 18.0 Å². The Hall–Kier alpha value is -0.960. The molecule has 2 aliphatic heterocycles. The van der Waals surface area contributed by atoms with E-state index in [9.17, 15) is 8.42 Å². The average molecular weight is 314 g/mol. The van der Waals surface area contributed by atoms with Gasteiger partial charge in [0.1, 0.15) is 0 Å². The van der Waals surface area contributed by atoms with Crippen molar-refractivity contribution in [2.24, 2.45) is 18.9 Å². The largest absolute Gasteiger partial charge is 0.379 e. The molecule has 0 spiro atoms. The van der Waals surface area contributed by atoms with Gasteiger partial charge in [-0.3, -0.25) is 9.58 Å². The molecular weight excluding hydrogens is 292 g/mol. The van der Waals surface area contributed by atoms with Crippen LogP contribution in [0.3, 0.4) is 0 Å². The molecule has 7 nitrogen and oxygen atoms in total. The Balaban J connectivity index is 1.65. The predicted octanol–water partition coefficient (Wildman–Crippen LogP) is -0.584. The number of fused-ring (bicyclic) bond motifs is 1. The maximum Gasteiger partial charge on any atom is 0.209 e. The second-order valence-corrected chi connectivity index (χ2v) is 7.95. The lowest BCUT2D eigenvalue weighted by atomic mass is 9.88. The van der Waals surface area contributed by atoms with E-state index in [0.29, 0.717) is 18.4 Å². The summed E-state index contributed by atoms with van der Waals surface area (Å²) in [6.45, 7) is 3.88. The summed E-state index contributed by atoms with van der Waals surface area (Å²) in [5, 5.41) is 4.19. The van der Waals surface area contributed by atoms with Gasteiger partial charge >= 0.3 is 0 Å². The molecule has 1 N–H and O–H groups in total. The van der Waals surface area contributed by atoms with E-state index in [2.05, 4.69) is 14.7 Å². The van der Waals surface area contributed by atoms with Crippen LogP contribution in [0, 0.1) is 11.8 Å². The zero-order chi connectivity index (χ0) is 15.0. The lowest BCUT2D eigenvalue weighted by Crippen LogP contribution is -2.49. The van der Waals surface area contributed by atoms with Crippen LogP contribution >= 0.6 is 0 Å². The minimum absolute atomic E-state index is 0.113. The number of hydrogen-bond acceptors (Lipinski definition) is 5. The highest BCUT2D eigenvalue weighted by molar-refractivity contribution is 7.88. The van der Waals surface area contributed by atoms with Crippen molar-refractivity contribution in [3.63, 3.8) is 0 Å². The number of sulfonamides is 1. The summed E-state index contributed by atoms with van der Waals surface area (Å²) in [5.41, 5.74) is 1.18. The van der Waals surface area contributed by atoms with Gasteiger partial charge in [0.25, 0.3) is 0 Å². The molecule has 0 unspecified atom stereocenters. The Labute approximate surface area is 125 Å². The molecule has 1 aromatic rings. The topological polar surface area (TPSA) is 76.5 Å². The average Bonchev–Trinajstić information content (AvgIpc) is 2.94. The second-order valence-electron chi connectivity index (χ2n) is 6.17. The maximum atomic E-state index is 11.5. The number of ether oxygens (including phenoxy) is 1. The lowest BCUT2D eigenvalue weighted by molar-refractivity contribution is 0.0164. The van der Waals surface area contributed by atoms with Gasteiger partial charge < -0.3 is 4.74 Å². The summed E-state index contributed by atoms with van der Waals surface area (Å²) in [7, 11) is -1.29. The quantitative estimate of drug-likeness (QED) is 0.804. The first-order valence-electron chi connectivity index (χ1n) is 7.15. The molecule has 0 saturated carbocycles. The molecule has 2 saturated heterocycles. The fourth-order valence-corrected chi connectivity index (χ4v) is 4.22. The van der Waals surface area contributed by atoms with Gasteiger partial charge in [-0.1, -0.05) is 0 Å². The molecule has 0 aromatic carbocycles. The summed E-state index contributed by atoms with van der Waals surface area (Å²) < 4.78 is 33.0. The Bertz CT molecular complexity index is 600. The monoisotopic (exact) mass is 314 g/mol. The van der Waals surface area contributed by atoms with Crippen molar-refractivity contribution < 1.29 is 13.2 Å². The smallest absolute Gasteiger partial charge is 0.209 e. The van der Waals surface area contributed by atoms with Gasteiger partial charge in [0.05, 0.1) is 25.7 Å². The minimum Gasteiger partial charge on any atom is -0.379 e. The van der Waals surface area contributed by atoms with E-state index < -0.39 is 10.0 Å². The summed E-state index contributed by atoms with van der Waals surface area (Å²) in [5.74, 6) is 0.722. The van der Waals surface area contributed by atoms with E-state index in [-0.39, 0.29) is 6.04 Å². The number of hydrogen-bond donors (Lipinski definition) is 1. The zero-order valence-corrected chi connectivity index (χ0v) is 13.2. The van der Waals surface area contributed by atoms with Crippen LogP contribution < -0.4 is 4.72 Å². The SMILES string of the molecule is Cn1cc(CN2C[C@@H]3COC[C@@H](NS(C)(=O)=O)[C@@H]3C2)cn1. The van der Waals surface area contributed by atoms with E-state index in [1.807, 2.05) is 19.4 Å². The number of aromatic nitrogens is 2. The molecule has 0 radical (unpaired) electrons. The molecule has 3 atom stereocenters. The molecule has 0 amide bonds. The van der Waals surface area contributed by atoms with E-state index in [1.54, 1.807) is 4.68 Å². The zero-order valence-electron chi connectivity index (χ0n) is 12.4. The van der Waals surface area contributed by atoms with Crippen LogP contribution in [0.5, 0.6) is 0 Å². The van der Waals surface area contributed by atoms with Gasteiger partial charge in [0, 0.05) is 50.4 Å². The van der Waals surface area contributed by atoms with Gasteiger partial charge in [-0.25, -0.2) is 13.1 Å². The maximum absolute atomic E-state index is 11.5. The van der Waals surface area contributed by atoms with Crippen molar-refractivity contribution in [2.45, 2.75) is 12.6 Å². The van der Waals surface area contributed by atoms with Gasteiger partial charge in [0.2, 0.25) is 10.0 Å². The third-order valence-corrected chi connectivity index (χ3v) is 4.97. The molecule has 0 bridgehead atoms. The van der Waals surface area contributed by atoms with Crippen LogP contribution in [0.1, 0.15) is 5.56 Å². The predicted molar refractivity (Wildman–Crippen MR) is 78.1 cm³/mol. The molecule has 0 aliphatic carbocycles. The Kier molecular flexibility index (Phi) is 4.04.